The number of nitrogens with one attached hydrogen (secondary N) is 1. The molecular formula is C29H33N3O. The number of aryl methyl sites for hydroxylation is 1. The van der Waals surface area contributed by atoms with Crippen LogP contribution in [0.3, 0.4) is 0 Å². The van der Waals surface area contributed by atoms with Gasteiger partial charge in [-0.15, -0.1) is 0 Å². The molecule has 0 aromatic heterocycles. The summed E-state index contributed by atoms with van der Waals surface area (Å²) in [7, 11) is 2.15. The highest BCUT2D eigenvalue weighted by Crippen LogP contribution is 2.25. The summed E-state index contributed by atoms with van der Waals surface area (Å²) in [4.78, 5) is 17.9. The molecule has 33 heavy (non-hydrogen) atoms. The van der Waals surface area contributed by atoms with Crippen LogP contribution in [-0.4, -0.2) is 44.0 Å². The highest BCUT2D eigenvalue weighted by molar-refractivity contribution is 5.97. The van der Waals surface area contributed by atoms with Crippen molar-refractivity contribution in [1.82, 2.24) is 10.2 Å². The molecule has 0 bridgehead atoms. The molecule has 170 valence electrons. The zero-order chi connectivity index (χ0) is 23.4. The SMILES string of the molecule is C=Cc1ccc(-c2cccc([C@@H](C)NC(=O)c3cc(N4CCN(C)CC4)ccc3C)c2)cc1. The predicted octanol–water partition coefficient (Wildman–Crippen LogP) is 5.55. The van der Waals surface area contributed by atoms with Crippen molar-refractivity contribution in [2.75, 3.05) is 38.1 Å². The molecule has 1 N–H and O–H groups in total. The number of hydrogen-bond acceptors (Lipinski definition) is 3. The number of anilines is 1. The predicted molar refractivity (Wildman–Crippen MR) is 139 cm³/mol. The molecule has 4 heteroatoms. The minimum Gasteiger partial charge on any atom is -0.369 e. The van der Waals surface area contributed by atoms with Gasteiger partial charge >= 0.3 is 0 Å². The van der Waals surface area contributed by atoms with Crippen molar-refractivity contribution in [3.8, 4) is 11.1 Å². The Kier molecular flexibility index (Phi) is 6.95. The monoisotopic (exact) mass is 439 g/mol. The summed E-state index contributed by atoms with van der Waals surface area (Å²) in [6.45, 7) is 11.9. The van der Waals surface area contributed by atoms with Crippen LogP contribution in [0, 0.1) is 6.92 Å². The Hall–Kier alpha value is -3.37. The van der Waals surface area contributed by atoms with E-state index in [-0.39, 0.29) is 11.9 Å². The highest BCUT2D eigenvalue weighted by atomic mass is 16.1. The Morgan fingerprint density at radius 1 is 0.970 bits per heavy atom. The van der Waals surface area contributed by atoms with Crippen molar-refractivity contribution >= 4 is 17.7 Å². The van der Waals surface area contributed by atoms with Gasteiger partial charge in [-0.25, -0.2) is 0 Å². The minimum atomic E-state index is -0.100. The molecule has 4 rings (SSSR count). The summed E-state index contributed by atoms with van der Waals surface area (Å²) in [6, 6.07) is 22.8. The van der Waals surface area contributed by atoms with Gasteiger partial charge in [-0.3, -0.25) is 4.79 Å². The third kappa shape index (κ3) is 5.35. The molecule has 1 fully saturated rings. The van der Waals surface area contributed by atoms with Crippen molar-refractivity contribution < 1.29 is 4.79 Å². The van der Waals surface area contributed by atoms with Gasteiger partial charge in [-0.2, -0.15) is 0 Å². The first-order chi connectivity index (χ1) is 15.9. The number of nitrogens with zero attached hydrogens (tertiary/aromatic N) is 2. The lowest BCUT2D eigenvalue weighted by atomic mass is 9.99. The normalized spacial score (nSPS) is 15.2. The van der Waals surface area contributed by atoms with Crippen LogP contribution in [0.2, 0.25) is 0 Å². The van der Waals surface area contributed by atoms with Crippen molar-refractivity contribution in [3.05, 3.63) is 95.6 Å². The Balaban J connectivity index is 1.49. The first kappa shape index (κ1) is 22.8. The zero-order valence-electron chi connectivity index (χ0n) is 19.8. The second-order valence-corrected chi connectivity index (χ2v) is 8.94. The van der Waals surface area contributed by atoms with Crippen LogP contribution in [0.1, 0.15) is 40.0 Å². The number of piperazine rings is 1. The summed E-state index contributed by atoms with van der Waals surface area (Å²) in [6.07, 6.45) is 1.85. The second-order valence-electron chi connectivity index (χ2n) is 8.94. The van der Waals surface area contributed by atoms with Crippen molar-refractivity contribution in [3.63, 3.8) is 0 Å². The summed E-state index contributed by atoms with van der Waals surface area (Å²) in [5, 5.41) is 3.21. The number of rotatable bonds is 6. The third-order valence-electron chi connectivity index (χ3n) is 6.55. The van der Waals surface area contributed by atoms with Gasteiger partial charge in [0.25, 0.3) is 5.91 Å². The second kappa shape index (κ2) is 10.1. The first-order valence-corrected chi connectivity index (χ1v) is 11.6. The average molecular weight is 440 g/mol. The van der Waals surface area contributed by atoms with Crippen LogP contribution in [0.15, 0.2) is 73.3 Å². The van der Waals surface area contributed by atoms with Crippen LogP contribution in [-0.2, 0) is 0 Å². The summed E-state index contributed by atoms with van der Waals surface area (Å²) in [5.74, 6) is -0.0308. The molecule has 1 amide bonds. The molecule has 1 heterocycles. The molecule has 3 aromatic rings. The number of likely N-dealkylation sites (N-methyl/N-ethyl adjacent to an activating group) is 1. The molecule has 1 saturated heterocycles. The van der Waals surface area contributed by atoms with Crippen LogP contribution in [0.5, 0.6) is 0 Å². The fraction of sp³-hybridized carbons (Fsp3) is 0.276. The molecule has 0 saturated carbocycles. The number of amides is 1. The molecule has 0 aliphatic carbocycles. The largest absolute Gasteiger partial charge is 0.369 e. The first-order valence-electron chi connectivity index (χ1n) is 11.6. The number of carbonyl (C=O) groups excluding carboxylic acids is 1. The van der Waals surface area contributed by atoms with Gasteiger partial charge in [0.15, 0.2) is 0 Å². The van der Waals surface area contributed by atoms with Crippen LogP contribution in [0.4, 0.5) is 5.69 Å². The fourth-order valence-electron chi connectivity index (χ4n) is 4.27. The lowest BCUT2D eigenvalue weighted by molar-refractivity contribution is 0.0939. The van der Waals surface area contributed by atoms with Crippen LogP contribution in [0.25, 0.3) is 17.2 Å². The van der Waals surface area contributed by atoms with E-state index in [1.54, 1.807) is 0 Å². The van der Waals surface area contributed by atoms with Gasteiger partial charge in [-0.05, 0) is 66.9 Å². The van der Waals surface area contributed by atoms with E-state index >= 15 is 0 Å². The number of carbonyl (C=O) groups is 1. The lowest BCUT2D eigenvalue weighted by Gasteiger charge is -2.34. The molecule has 0 unspecified atom stereocenters. The zero-order valence-corrected chi connectivity index (χ0v) is 19.8. The van der Waals surface area contributed by atoms with E-state index in [2.05, 4.69) is 83.3 Å². The number of hydrogen-bond donors (Lipinski definition) is 1. The van der Waals surface area contributed by atoms with E-state index in [0.717, 1.165) is 65.2 Å². The summed E-state index contributed by atoms with van der Waals surface area (Å²) >= 11 is 0. The van der Waals surface area contributed by atoms with Gasteiger partial charge in [0, 0.05) is 37.4 Å². The van der Waals surface area contributed by atoms with E-state index in [9.17, 15) is 4.79 Å². The van der Waals surface area contributed by atoms with Gasteiger partial charge < -0.3 is 15.1 Å². The van der Waals surface area contributed by atoms with E-state index < -0.39 is 0 Å². The lowest BCUT2D eigenvalue weighted by Crippen LogP contribution is -2.44. The van der Waals surface area contributed by atoms with E-state index in [1.807, 2.05) is 32.1 Å². The maximum Gasteiger partial charge on any atom is 0.252 e. The Morgan fingerprint density at radius 2 is 1.70 bits per heavy atom. The highest BCUT2D eigenvalue weighted by Gasteiger charge is 2.18. The third-order valence-corrected chi connectivity index (χ3v) is 6.55. The van der Waals surface area contributed by atoms with Gasteiger partial charge in [0.05, 0.1) is 6.04 Å². The fourth-order valence-corrected chi connectivity index (χ4v) is 4.27. The van der Waals surface area contributed by atoms with Gasteiger partial charge in [0.1, 0.15) is 0 Å². The van der Waals surface area contributed by atoms with Crippen molar-refractivity contribution in [2.45, 2.75) is 19.9 Å². The molecular weight excluding hydrogens is 406 g/mol. The minimum absolute atomic E-state index is 0.0308. The van der Waals surface area contributed by atoms with Crippen molar-refractivity contribution in [1.29, 1.82) is 0 Å². The van der Waals surface area contributed by atoms with Gasteiger partial charge in [-0.1, -0.05) is 61.2 Å². The smallest absolute Gasteiger partial charge is 0.252 e. The maximum atomic E-state index is 13.2. The van der Waals surface area contributed by atoms with E-state index in [4.69, 9.17) is 0 Å². The molecule has 0 radical (unpaired) electrons. The molecule has 0 spiro atoms. The topological polar surface area (TPSA) is 35.6 Å². The van der Waals surface area contributed by atoms with E-state index in [0.29, 0.717) is 0 Å². The Morgan fingerprint density at radius 3 is 2.39 bits per heavy atom. The Labute approximate surface area is 197 Å². The van der Waals surface area contributed by atoms with E-state index in [1.165, 1.54) is 0 Å². The summed E-state index contributed by atoms with van der Waals surface area (Å²) in [5.41, 5.74) is 7.33. The quantitative estimate of drug-likeness (QED) is 0.547. The number of benzene rings is 3. The molecule has 1 aliphatic heterocycles. The molecule has 3 aromatic carbocycles. The molecule has 1 atom stereocenters. The maximum absolute atomic E-state index is 13.2. The Bertz CT molecular complexity index is 1130. The standard InChI is InChI=1S/C29H33N3O/c1-5-23-10-12-24(13-11-23)26-8-6-7-25(19-26)22(3)30-29(33)28-20-27(14-9-21(28)2)32-17-15-31(4)16-18-32/h5-14,19-20,22H,1,15-18H2,2-4H3,(H,30,33)/t22-/m1/s1. The summed E-state index contributed by atoms with van der Waals surface area (Å²) < 4.78 is 0. The van der Waals surface area contributed by atoms with Crippen LogP contribution < -0.4 is 10.2 Å². The average Bonchev–Trinajstić information content (AvgIpc) is 2.85. The molecule has 1 aliphatic rings. The van der Waals surface area contributed by atoms with Crippen molar-refractivity contribution in [2.24, 2.45) is 0 Å². The van der Waals surface area contributed by atoms with Gasteiger partial charge in [0.2, 0.25) is 0 Å². The molecule has 4 nitrogen and oxygen atoms in total. The van der Waals surface area contributed by atoms with Crippen LogP contribution >= 0.6 is 0 Å².